The van der Waals surface area contributed by atoms with Crippen molar-refractivity contribution < 1.29 is 33.9 Å². The van der Waals surface area contributed by atoms with Gasteiger partial charge in [0.05, 0.1) is 33.5 Å². The summed E-state index contributed by atoms with van der Waals surface area (Å²) in [5, 5.41) is 20.8. The first-order valence-electron chi connectivity index (χ1n) is 11.7. The van der Waals surface area contributed by atoms with Crippen LogP contribution in [0.2, 0.25) is 0 Å². The van der Waals surface area contributed by atoms with E-state index in [9.17, 15) is 10.2 Å². The summed E-state index contributed by atoms with van der Waals surface area (Å²) >= 11 is 0. The first-order valence-corrected chi connectivity index (χ1v) is 11.7. The molecule has 1 aliphatic rings. The van der Waals surface area contributed by atoms with Gasteiger partial charge in [-0.05, 0) is 28.8 Å². The lowest BCUT2D eigenvalue weighted by Crippen LogP contribution is -2.61. The van der Waals surface area contributed by atoms with Crippen molar-refractivity contribution >= 4 is 0 Å². The van der Waals surface area contributed by atoms with Gasteiger partial charge in [0.25, 0.3) is 0 Å². The van der Waals surface area contributed by atoms with E-state index in [0.29, 0.717) is 6.61 Å². The van der Waals surface area contributed by atoms with Crippen molar-refractivity contribution in [1.82, 2.24) is 0 Å². The van der Waals surface area contributed by atoms with Crippen LogP contribution in [0.3, 0.4) is 0 Å². The molecule has 0 aromatic heterocycles. The zero-order valence-corrected chi connectivity index (χ0v) is 19.7. The number of aliphatic hydroxyl groups excluding tert-OH is 2. The smallest absolute Gasteiger partial charge is 0.184 e. The normalized spacial score (nSPS) is 24.3. The summed E-state index contributed by atoms with van der Waals surface area (Å²) in [4.78, 5) is 0. The van der Waals surface area contributed by atoms with Crippen LogP contribution in [0.15, 0.2) is 84.9 Å². The summed E-state index contributed by atoms with van der Waals surface area (Å²) in [6.45, 7) is 0.499. The second-order valence-electron chi connectivity index (χ2n) is 8.39. The van der Waals surface area contributed by atoms with Crippen LogP contribution < -0.4 is 4.74 Å². The summed E-state index contributed by atoms with van der Waals surface area (Å²) < 4.78 is 29.6. The molecule has 186 valence electrons. The van der Waals surface area contributed by atoms with E-state index in [1.54, 1.807) is 7.11 Å². The van der Waals surface area contributed by atoms with E-state index in [-0.39, 0.29) is 19.8 Å². The van der Waals surface area contributed by atoms with Crippen molar-refractivity contribution in [1.29, 1.82) is 0 Å². The van der Waals surface area contributed by atoms with Crippen LogP contribution in [-0.4, -0.2) is 54.6 Å². The molecule has 1 fully saturated rings. The highest BCUT2D eigenvalue weighted by Crippen LogP contribution is 2.29. The number of ether oxygens (including phenoxy) is 5. The number of hydrogen-bond donors (Lipinski definition) is 2. The summed E-state index contributed by atoms with van der Waals surface area (Å²) in [5.41, 5.74) is 2.86. The lowest BCUT2D eigenvalue weighted by molar-refractivity contribution is -0.315. The first kappa shape index (κ1) is 25.3. The van der Waals surface area contributed by atoms with Gasteiger partial charge in [-0.15, -0.1) is 0 Å². The van der Waals surface area contributed by atoms with Crippen molar-refractivity contribution in [3.8, 4) is 5.75 Å². The van der Waals surface area contributed by atoms with E-state index in [2.05, 4.69) is 0 Å². The molecule has 2 N–H and O–H groups in total. The first-order chi connectivity index (χ1) is 17.2. The van der Waals surface area contributed by atoms with Gasteiger partial charge in [-0.25, -0.2) is 0 Å². The Labute approximate surface area is 205 Å². The largest absolute Gasteiger partial charge is 0.497 e. The number of aliphatic hydroxyl groups is 2. The molecule has 0 bridgehead atoms. The van der Waals surface area contributed by atoms with Crippen LogP contribution in [0.5, 0.6) is 5.75 Å². The average molecular weight is 481 g/mol. The Balaban J connectivity index is 1.53. The molecule has 3 aromatic carbocycles. The fraction of sp³-hybridized carbons (Fsp3) is 0.357. The maximum absolute atomic E-state index is 10.8. The molecule has 0 amide bonds. The van der Waals surface area contributed by atoms with E-state index in [0.717, 1.165) is 22.4 Å². The average Bonchev–Trinajstić information content (AvgIpc) is 2.91. The van der Waals surface area contributed by atoms with Gasteiger partial charge in [-0.1, -0.05) is 72.8 Å². The molecule has 0 spiro atoms. The molecule has 0 unspecified atom stereocenters. The number of hydrogen-bond acceptors (Lipinski definition) is 7. The topological polar surface area (TPSA) is 86.6 Å². The molecule has 5 atom stereocenters. The highest BCUT2D eigenvalue weighted by Gasteiger charge is 2.47. The Morgan fingerprint density at radius 3 is 1.66 bits per heavy atom. The maximum Gasteiger partial charge on any atom is 0.184 e. The number of rotatable bonds is 11. The van der Waals surface area contributed by atoms with E-state index >= 15 is 0 Å². The molecule has 7 nitrogen and oxygen atoms in total. The Hall–Kier alpha value is -2.78. The summed E-state index contributed by atoms with van der Waals surface area (Å²) in [6.07, 6.45) is -4.23. The molecule has 3 aromatic rings. The lowest BCUT2D eigenvalue weighted by atomic mass is 9.98. The maximum atomic E-state index is 10.8. The van der Waals surface area contributed by atoms with Gasteiger partial charge in [-0.3, -0.25) is 0 Å². The standard InChI is InChI=1S/C28H32O7/c1-31-23-14-12-22(13-15-23)19-33-26-25(32-17-20-8-4-2-5-9-20)24(16-29)35-28(30)27(26)34-18-21-10-6-3-7-11-21/h2-15,24-30H,16-19H2,1H3/t24-,25+,26+,27-,28-/m1/s1. The fourth-order valence-electron chi connectivity index (χ4n) is 4.06. The fourth-order valence-corrected chi connectivity index (χ4v) is 4.06. The molecule has 1 heterocycles. The molecule has 35 heavy (non-hydrogen) atoms. The van der Waals surface area contributed by atoms with Crippen LogP contribution in [-0.2, 0) is 38.8 Å². The van der Waals surface area contributed by atoms with Crippen LogP contribution in [0.1, 0.15) is 16.7 Å². The highest BCUT2D eigenvalue weighted by molar-refractivity contribution is 5.26. The highest BCUT2D eigenvalue weighted by atomic mass is 16.7. The Morgan fingerprint density at radius 2 is 1.14 bits per heavy atom. The number of benzene rings is 3. The predicted octanol–water partition coefficient (Wildman–Crippen LogP) is 3.46. The van der Waals surface area contributed by atoms with Gasteiger partial charge in [0.1, 0.15) is 30.2 Å². The van der Waals surface area contributed by atoms with E-state index in [4.69, 9.17) is 23.7 Å². The third kappa shape index (κ3) is 6.89. The Morgan fingerprint density at radius 1 is 0.657 bits per heavy atom. The zero-order chi connectivity index (χ0) is 24.5. The van der Waals surface area contributed by atoms with E-state index in [1.807, 2.05) is 84.9 Å². The van der Waals surface area contributed by atoms with Crippen molar-refractivity contribution in [2.75, 3.05) is 13.7 Å². The molecule has 1 saturated heterocycles. The molecule has 0 radical (unpaired) electrons. The van der Waals surface area contributed by atoms with Crippen LogP contribution in [0, 0.1) is 0 Å². The van der Waals surface area contributed by atoms with E-state index in [1.165, 1.54) is 0 Å². The monoisotopic (exact) mass is 480 g/mol. The quantitative estimate of drug-likeness (QED) is 0.435. The Kier molecular flexibility index (Phi) is 9.25. The van der Waals surface area contributed by atoms with Crippen molar-refractivity contribution in [2.24, 2.45) is 0 Å². The van der Waals surface area contributed by atoms with Crippen LogP contribution >= 0.6 is 0 Å². The van der Waals surface area contributed by atoms with Crippen LogP contribution in [0.4, 0.5) is 0 Å². The SMILES string of the molecule is COc1ccc(CO[C@@H]2[C@@H](OCc3ccccc3)[C@H](O)O[C@H](CO)[C@@H]2OCc2ccccc2)cc1. The molecule has 0 aliphatic carbocycles. The van der Waals surface area contributed by atoms with Crippen molar-refractivity contribution in [2.45, 2.75) is 50.5 Å². The molecule has 7 heteroatoms. The van der Waals surface area contributed by atoms with Gasteiger partial charge in [-0.2, -0.15) is 0 Å². The third-order valence-corrected chi connectivity index (χ3v) is 5.96. The third-order valence-electron chi connectivity index (χ3n) is 5.96. The second-order valence-corrected chi connectivity index (χ2v) is 8.39. The molecule has 0 saturated carbocycles. The molecular formula is C28H32O7. The van der Waals surface area contributed by atoms with Gasteiger partial charge >= 0.3 is 0 Å². The summed E-state index contributed by atoms with van der Waals surface area (Å²) in [5.74, 6) is 0.753. The molecule has 1 aliphatic heterocycles. The zero-order valence-electron chi connectivity index (χ0n) is 19.7. The van der Waals surface area contributed by atoms with Gasteiger partial charge in [0.2, 0.25) is 0 Å². The molecule has 4 rings (SSSR count). The van der Waals surface area contributed by atoms with Crippen molar-refractivity contribution in [3.63, 3.8) is 0 Å². The summed E-state index contributed by atoms with van der Waals surface area (Å²) in [7, 11) is 1.62. The van der Waals surface area contributed by atoms with Crippen molar-refractivity contribution in [3.05, 3.63) is 102 Å². The van der Waals surface area contributed by atoms with Gasteiger partial charge in [0.15, 0.2) is 6.29 Å². The molecular weight excluding hydrogens is 448 g/mol. The minimum atomic E-state index is -1.28. The summed E-state index contributed by atoms with van der Waals surface area (Å²) in [6, 6.07) is 27.0. The second kappa shape index (κ2) is 12.8. The van der Waals surface area contributed by atoms with E-state index < -0.39 is 30.7 Å². The Bertz CT molecular complexity index is 997. The van der Waals surface area contributed by atoms with Crippen LogP contribution in [0.25, 0.3) is 0 Å². The predicted molar refractivity (Wildman–Crippen MR) is 130 cm³/mol. The minimum absolute atomic E-state index is 0.260. The van der Waals surface area contributed by atoms with Gasteiger partial charge < -0.3 is 33.9 Å². The minimum Gasteiger partial charge on any atom is -0.497 e. The lowest BCUT2D eigenvalue weighted by Gasteiger charge is -2.44. The van der Waals surface area contributed by atoms with Gasteiger partial charge in [0, 0.05) is 0 Å². The number of methoxy groups -OCH3 is 1.